The summed E-state index contributed by atoms with van der Waals surface area (Å²) in [6.45, 7) is 2.96. The Labute approximate surface area is 102 Å². The highest BCUT2D eigenvalue weighted by Crippen LogP contribution is 2.36. The van der Waals surface area contributed by atoms with Gasteiger partial charge in [0.25, 0.3) is 5.56 Å². The van der Waals surface area contributed by atoms with E-state index in [2.05, 4.69) is 15.3 Å². The first kappa shape index (κ1) is 12.1. The largest absolute Gasteiger partial charge is 0.481 e. The number of hydrogen-bond donors (Lipinski definition) is 3. The minimum atomic E-state index is -0.839. The number of aryl methyl sites for hydroxylation is 1. The second-order valence-electron chi connectivity index (χ2n) is 4.15. The van der Waals surface area contributed by atoms with E-state index >= 15 is 0 Å². The third-order valence-corrected chi connectivity index (χ3v) is 3.78. The lowest BCUT2D eigenvalue weighted by molar-refractivity contribution is -0.138. The first-order chi connectivity index (χ1) is 7.99. The number of carboxylic acids is 1. The Morgan fingerprint density at radius 1 is 1.65 bits per heavy atom. The van der Waals surface area contributed by atoms with Gasteiger partial charge in [-0.3, -0.25) is 9.59 Å². The average molecular weight is 255 g/mol. The molecule has 1 aliphatic heterocycles. The number of aromatic nitrogens is 2. The van der Waals surface area contributed by atoms with Gasteiger partial charge in [-0.2, -0.15) is 0 Å². The molecule has 1 aliphatic rings. The normalized spacial score (nSPS) is 17.5. The number of nitrogens with one attached hydrogen (secondary N) is 2. The lowest BCUT2D eigenvalue weighted by Crippen LogP contribution is -2.58. The molecule has 2 rings (SSSR count). The number of aliphatic carboxylic acids is 1. The molecule has 0 unspecified atom stereocenters. The molecule has 0 saturated carbocycles. The molecule has 0 spiro atoms. The molecule has 0 atom stereocenters. The van der Waals surface area contributed by atoms with Crippen LogP contribution in [0.25, 0.3) is 0 Å². The van der Waals surface area contributed by atoms with Gasteiger partial charge in [-0.15, -0.1) is 0 Å². The van der Waals surface area contributed by atoms with Crippen molar-refractivity contribution in [1.82, 2.24) is 15.3 Å². The number of hydrogen-bond acceptors (Lipinski definition) is 5. The molecule has 1 saturated heterocycles. The van der Waals surface area contributed by atoms with E-state index in [9.17, 15) is 9.59 Å². The Balaban J connectivity index is 2.18. The van der Waals surface area contributed by atoms with Crippen molar-refractivity contribution < 1.29 is 9.90 Å². The van der Waals surface area contributed by atoms with Crippen LogP contribution in [-0.4, -0.2) is 38.9 Å². The van der Waals surface area contributed by atoms with Crippen LogP contribution in [0.15, 0.2) is 16.0 Å². The molecule has 1 fully saturated rings. The van der Waals surface area contributed by atoms with Gasteiger partial charge in [0, 0.05) is 24.8 Å². The zero-order valence-corrected chi connectivity index (χ0v) is 10.1. The summed E-state index contributed by atoms with van der Waals surface area (Å²) in [7, 11) is 0. The van der Waals surface area contributed by atoms with E-state index in [4.69, 9.17) is 5.11 Å². The van der Waals surface area contributed by atoms with Crippen LogP contribution < -0.4 is 10.9 Å². The molecule has 0 radical (unpaired) electrons. The molecule has 3 N–H and O–H groups in total. The van der Waals surface area contributed by atoms with Crippen LogP contribution in [0.1, 0.15) is 12.1 Å². The van der Waals surface area contributed by atoms with Crippen LogP contribution in [0, 0.1) is 6.92 Å². The molecule has 92 valence electrons. The lowest BCUT2D eigenvalue weighted by Gasteiger charge is -2.40. The second-order valence-corrected chi connectivity index (χ2v) is 5.61. The van der Waals surface area contributed by atoms with Gasteiger partial charge in [-0.25, -0.2) is 4.98 Å². The van der Waals surface area contributed by atoms with Crippen LogP contribution in [0.3, 0.4) is 0 Å². The van der Waals surface area contributed by atoms with Gasteiger partial charge in [-0.1, -0.05) is 11.8 Å². The van der Waals surface area contributed by atoms with Crippen molar-refractivity contribution in [2.45, 2.75) is 23.2 Å². The smallest absolute Gasteiger partial charge is 0.304 e. The molecule has 0 amide bonds. The van der Waals surface area contributed by atoms with Crippen molar-refractivity contribution in [3.05, 3.63) is 22.1 Å². The van der Waals surface area contributed by atoms with Crippen LogP contribution >= 0.6 is 11.8 Å². The summed E-state index contributed by atoms with van der Waals surface area (Å²) in [5, 5.41) is 12.4. The number of H-pyrrole nitrogens is 1. The van der Waals surface area contributed by atoms with Crippen LogP contribution in [0.2, 0.25) is 0 Å². The molecule has 0 aromatic carbocycles. The monoisotopic (exact) mass is 255 g/mol. The van der Waals surface area contributed by atoms with E-state index in [1.54, 1.807) is 6.92 Å². The fraction of sp³-hybridized carbons (Fsp3) is 0.500. The van der Waals surface area contributed by atoms with Crippen molar-refractivity contribution in [1.29, 1.82) is 0 Å². The Kier molecular flexibility index (Phi) is 3.21. The quantitative estimate of drug-likeness (QED) is 0.655. The maximum Gasteiger partial charge on any atom is 0.304 e. The summed E-state index contributed by atoms with van der Waals surface area (Å²) in [6.07, 6.45) is 0.0579. The first-order valence-corrected chi connectivity index (χ1v) is 6.00. The fourth-order valence-corrected chi connectivity index (χ4v) is 3.01. The van der Waals surface area contributed by atoms with Crippen molar-refractivity contribution in [2.75, 3.05) is 13.1 Å². The van der Waals surface area contributed by atoms with Gasteiger partial charge in [0.05, 0.1) is 11.2 Å². The van der Waals surface area contributed by atoms with Crippen molar-refractivity contribution in [3.8, 4) is 0 Å². The van der Waals surface area contributed by atoms with E-state index < -0.39 is 10.7 Å². The van der Waals surface area contributed by atoms with Gasteiger partial charge in [0.2, 0.25) is 0 Å². The van der Waals surface area contributed by atoms with Crippen LogP contribution in [0.4, 0.5) is 0 Å². The molecule has 0 bridgehead atoms. The molecule has 1 aromatic heterocycles. The minimum Gasteiger partial charge on any atom is -0.481 e. The Bertz CT molecular complexity index is 496. The molecular weight excluding hydrogens is 242 g/mol. The van der Waals surface area contributed by atoms with Gasteiger partial charge < -0.3 is 15.4 Å². The van der Waals surface area contributed by atoms with Crippen LogP contribution in [-0.2, 0) is 4.79 Å². The number of nitrogens with zero attached hydrogens (tertiary/aromatic N) is 1. The van der Waals surface area contributed by atoms with E-state index in [1.165, 1.54) is 17.8 Å². The predicted octanol–water partition coefficient (Wildman–Crippen LogP) is -0.0129. The third-order valence-electron chi connectivity index (χ3n) is 2.53. The van der Waals surface area contributed by atoms with E-state index in [1.807, 2.05) is 0 Å². The van der Waals surface area contributed by atoms with Crippen molar-refractivity contribution in [2.24, 2.45) is 0 Å². The number of aromatic amines is 1. The second kappa shape index (κ2) is 4.50. The summed E-state index contributed by atoms with van der Waals surface area (Å²) in [4.78, 5) is 28.9. The van der Waals surface area contributed by atoms with E-state index in [0.717, 1.165) is 0 Å². The highest BCUT2D eigenvalue weighted by molar-refractivity contribution is 8.00. The number of rotatable bonds is 4. The molecule has 17 heavy (non-hydrogen) atoms. The molecule has 7 heteroatoms. The minimum absolute atomic E-state index is 0.0579. The van der Waals surface area contributed by atoms with E-state index in [0.29, 0.717) is 23.9 Å². The maximum absolute atomic E-state index is 11.3. The zero-order valence-electron chi connectivity index (χ0n) is 9.32. The maximum atomic E-state index is 11.3. The van der Waals surface area contributed by atoms with Crippen molar-refractivity contribution in [3.63, 3.8) is 0 Å². The summed E-state index contributed by atoms with van der Waals surface area (Å²) in [5.41, 5.74) is 0.423. The predicted molar refractivity (Wildman–Crippen MR) is 63.3 cm³/mol. The Hall–Kier alpha value is -1.34. The number of thioether (sulfide) groups is 1. The summed E-state index contributed by atoms with van der Waals surface area (Å²) >= 11 is 1.32. The standard InChI is InChI=1S/C10H13N3O3S/c1-6-2-7(14)13-9(12-6)17-10(3-8(15)16)4-11-5-10/h2,11H,3-5H2,1H3,(H,15,16)(H,12,13,14). The zero-order chi connectivity index (χ0) is 12.5. The summed E-state index contributed by atoms with van der Waals surface area (Å²) < 4.78 is -0.393. The van der Waals surface area contributed by atoms with Crippen LogP contribution in [0.5, 0.6) is 0 Å². The van der Waals surface area contributed by atoms with Gasteiger partial charge in [0.1, 0.15) is 0 Å². The highest BCUT2D eigenvalue weighted by Gasteiger charge is 2.41. The lowest BCUT2D eigenvalue weighted by atomic mass is 9.98. The highest BCUT2D eigenvalue weighted by atomic mass is 32.2. The van der Waals surface area contributed by atoms with Gasteiger partial charge in [-0.05, 0) is 6.92 Å². The summed E-state index contributed by atoms with van der Waals surface area (Å²) in [5.74, 6) is -0.839. The average Bonchev–Trinajstić information content (AvgIpc) is 2.11. The topological polar surface area (TPSA) is 95.1 Å². The van der Waals surface area contributed by atoms with Crippen molar-refractivity contribution >= 4 is 17.7 Å². The number of carboxylic acid groups (broad SMARTS) is 1. The molecule has 6 nitrogen and oxygen atoms in total. The molecule has 0 aliphatic carbocycles. The first-order valence-electron chi connectivity index (χ1n) is 5.19. The van der Waals surface area contributed by atoms with Gasteiger partial charge in [0.15, 0.2) is 5.16 Å². The molecule has 2 heterocycles. The Morgan fingerprint density at radius 3 is 2.82 bits per heavy atom. The fourth-order valence-electron chi connectivity index (χ4n) is 1.72. The molecule has 1 aromatic rings. The SMILES string of the molecule is Cc1cc(=O)[nH]c(SC2(CC(=O)O)CNC2)n1. The van der Waals surface area contributed by atoms with Gasteiger partial charge >= 0.3 is 5.97 Å². The summed E-state index contributed by atoms with van der Waals surface area (Å²) in [6, 6.07) is 1.41. The van der Waals surface area contributed by atoms with E-state index in [-0.39, 0.29) is 12.0 Å². The Morgan fingerprint density at radius 2 is 2.35 bits per heavy atom. The third kappa shape index (κ3) is 2.86. The molecular formula is C10H13N3O3S. The number of carbonyl (C=O) groups is 1.